The van der Waals surface area contributed by atoms with Crippen molar-refractivity contribution in [2.24, 2.45) is 0 Å². The van der Waals surface area contributed by atoms with Crippen LogP contribution < -0.4 is 31.1 Å². The molecule has 2 heterocycles. The van der Waals surface area contributed by atoms with Gasteiger partial charge in [0.1, 0.15) is 0 Å². The van der Waals surface area contributed by atoms with Crippen LogP contribution in [0.5, 0.6) is 0 Å². The van der Waals surface area contributed by atoms with E-state index in [1.807, 2.05) is 0 Å². The monoisotopic (exact) mass is 942 g/mol. The minimum atomic E-state index is -0.0293. The van der Waals surface area contributed by atoms with Crippen LogP contribution >= 0.6 is 0 Å². The van der Waals surface area contributed by atoms with Gasteiger partial charge in [-0.2, -0.15) is 0 Å². The van der Waals surface area contributed by atoms with Gasteiger partial charge in [0.25, 0.3) is 6.71 Å². The molecule has 0 aromatic heterocycles. The number of rotatable bonds is 7. The summed E-state index contributed by atoms with van der Waals surface area (Å²) in [5.74, 6) is 0.277. The number of fused-ring (bicyclic) bond motifs is 5. The first-order chi connectivity index (χ1) is 34.2. The second-order valence-electron chi connectivity index (χ2n) is 24.8. The highest BCUT2D eigenvalue weighted by molar-refractivity contribution is 7.00. The van der Waals surface area contributed by atoms with Crippen molar-refractivity contribution in [3.63, 3.8) is 0 Å². The molecule has 0 fully saturated rings. The van der Waals surface area contributed by atoms with Crippen molar-refractivity contribution in [2.75, 3.05) is 14.7 Å². The van der Waals surface area contributed by atoms with Crippen LogP contribution in [0.4, 0.5) is 51.2 Å². The van der Waals surface area contributed by atoms with Crippen molar-refractivity contribution in [3.05, 3.63) is 203 Å². The Morgan fingerprint density at radius 1 is 0.472 bits per heavy atom. The molecule has 8 aromatic rings. The number of anilines is 9. The standard InChI is InChI=1S/C68H72BN3/c1-44(2)47-38-62-64-63(39-47)72(59-34-30-49(66(7,8)9)40-53(59)46-23-17-14-18-24-46)61-43-55-54(67(10,11)35-36-68(55,12)13)42-57(61)69(64)56-32-31-52(70(50-25-19-15-20-26-50)51-27-21-16-22-28-51)41-60(56)71(62)58-33-29-48(37-45(58)3)65(4,5)6/h14-34,37-44H,35-36H2,1-13H3. The van der Waals surface area contributed by atoms with Gasteiger partial charge in [0.2, 0.25) is 0 Å². The third kappa shape index (κ3) is 7.97. The number of para-hydroxylation sites is 2. The summed E-state index contributed by atoms with van der Waals surface area (Å²) in [6, 6.07) is 65.2. The molecule has 0 radical (unpaired) electrons. The molecule has 0 saturated carbocycles. The lowest BCUT2D eigenvalue weighted by atomic mass is 9.33. The summed E-state index contributed by atoms with van der Waals surface area (Å²) in [5, 5.41) is 0. The van der Waals surface area contributed by atoms with E-state index in [9.17, 15) is 0 Å². The molecule has 0 bridgehead atoms. The van der Waals surface area contributed by atoms with Crippen LogP contribution in [0, 0.1) is 6.92 Å². The molecule has 0 spiro atoms. The van der Waals surface area contributed by atoms with Crippen molar-refractivity contribution in [1.82, 2.24) is 0 Å². The summed E-state index contributed by atoms with van der Waals surface area (Å²) < 4.78 is 0. The van der Waals surface area contributed by atoms with Gasteiger partial charge in [-0.3, -0.25) is 0 Å². The largest absolute Gasteiger partial charge is 0.311 e. The summed E-state index contributed by atoms with van der Waals surface area (Å²) in [6.07, 6.45) is 2.30. The van der Waals surface area contributed by atoms with Crippen LogP contribution in [0.3, 0.4) is 0 Å². The van der Waals surface area contributed by atoms with E-state index in [4.69, 9.17) is 0 Å². The molecule has 2 aliphatic heterocycles. The van der Waals surface area contributed by atoms with E-state index in [0.717, 1.165) is 29.9 Å². The van der Waals surface area contributed by atoms with Gasteiger partial charge in [-0.1, -0.05) is 180 Å². The van der Waals surface area contributed by atoms with Crippen molar-refractivity contribution in [1.29, 1.82) is 0 Å². The van der Waals surface area contributed by atoms with Crippen molar-refractivity contribution < 1.29 is 0 Å². The fourth-order valence-electron chi connectivity index (χ4n) is 12.1. The average molecular weight is 942 g/mol. The van der Waals surface area contributed by atoms with E-state index in [1.54, 1.807) is 0 Å². The Hall–Kier alpha value is -6.78. The molecule has 0 N–H and O–H groups in total. The maximum atomic E-state index is 2.70. The Morgan fingerprint density at radius 2 is 0.972 bits per heavy atom. The Kier molecular flexibility index (Phi) is 11.3. The normalized spacial score (nSPS) is 15.4. The van der Waals surface area contributed by atoms with Gasteiger partial charge >= 0.3 is 0 Å². The fourth-order valence-corrected chi connectivity index (χ4v) is 12.1. The highest BCUT2D eigenvalue weighted by Crippen LogP contribution is 2.53. The predicted molar refractivity (Wildman–Crippen MR) is 312 cm³/mol. The van der Waals surface area contributed by atoms with Crippen LogP contribution in [-0.2, 0) is 21.7 Å². The molecule has 8 aromatic carbocycles. The first-order valence-corrected chi connectivity index (χ1v) is 26.5. The highest BCUT2D eigenvalue weighted by Gasteiger charge is 2.47. The summed E-state index contributed by atoms with van der Waals surface area (Å²) in [4.78, 5) is 7.76. The molecule has 11 rings (SSSR count). The molecule has 4 heteroatoms. The van der Waals surface area contributed by atoms with E-state index in [1.165, 1.54) is 95.0 Å². The molecule has 1 aliphatic carbocycles. The number of aryl methyl sites for hydroxylation is 1. The van der Waals surface area contributed by atoms with Gasteiger partial charge in [-0.05, 0) is 175 Å². The quantitative estimate of drug-likeness (QED) is 0.147. The zero-order chi connectivity index (χ0) is 50.6. The first kappa shape index (κ1) is 47.5. The topological polar surface area (TPSA) is 9.72 Å². The molecule has 72 heavy (non-hydrogen) atoms. The SMILES string of the molecule is Cc1cc(C(C)(C)C)ccc1N1c2cc(N(c3ccccc3)c3ccccc3)ccc2B2c3cc4c(cc3N(c3ccc(C(C)(C)C)cc3-c3ccccc3)c3cc(C(C)C)cc1c32)C(C)(C)CCC4(C)C. The maximum absolute atomic E-state index is 2.70. The summed E-state index contributed by atoms with van der Waals surface area (Å²) >= 11 is 0. The minimum absolute atomic E-state index is 0.00858. The molecule has 3 aliphatic rings. The van der Waals surface area contributed by atoms with Crippen LogP contribution in [-0.4, -0.2) is 6.71 Å². The van der Waals surface area contributed by atoms with E-state index >= 15 is 0 Å². The van der Waals surface area contributed by atoms with Gasteiger partial charge < -0.3 is 14.7 Å². The Bertz CT molecular complexity index is 3330. The van der Waals surface area contributed by atoms with Crippen LogP contribution in [0.1, 0.15) is 135 Å². The molecule has 0 unspecified atom stereocenters. The fraction of sp³-hybridized carbons (Fsp3) is 0.294. The van der Waals surface area contributed by atoms with E-state index in [-0.39, 0.29) is 34.3 Å². The van der Waals surface area contributed by atoms with E-state index in [2.05, 4.69) is 275 Å². The highest BCUT2D eigenvalue weighted by atomic mass is 15.2. The predicted octanol–water partition coefficient (Wildman–Crippen LogP) is 17.3. The van der Waals surface area contributed by atoms with Gasteiger partial charge in [0.15, 0.2) is 0 Å². The lowest BCUT2D eigenvalue weighted by Crippen LogP contribution is -2.62. The molecule has 0 amide bonds. The number of nitrogens with zero attached hydrogens (tertiary/aromatic N) is 3. The number of hydrogen-bond acceptors (Lipinski definition) is 3. The molecule has 0 atom stereocenters. The van der Waals surface area contributed by atoms with Crippen LogP contribution in [0.15, 0.2) is 170 Å². The Balaban J connectivity index is 1.28. The maximum Gasteiger partial charge on any atom is 0.252 e. The lowest BCUT2D eigenvalue weighted by molar-refractivity contribution is 0.332. The third-order valence-corrected chi connectivity index (χ3v) is 16.5. The van der Waals surface area contributed by atoms with Gasteiger partial charge in [-0.15, -0.1) is 0 Å². The van der Waals surface area contributed by atoms with E-state index < -0.39 is 0 Å². The zero-order valence-corrected chi connectivity index (χ0v) is 45.1. The average Bonchev–Trinajstić information content (AvgIpc) is 3.35. The number of hydrogen-bond donors (Lipinski definition) is 0. The molecule has 362 valence electrons. The minimum Gasteiger partial charge on any atom is -0.311 e. The van der Waals surface area contributed by atoms with Gasteiger partial charge in [0.05, 0.1) is 5.69 Å². The first-order valence-electron chi connectivity index (χ1n) is 26.5. The number of benzene rings is 8. The third-order valence-electron chi connectivity index (χ3n) is 16.5. The molecule has 3 nitrogen and oxygen atoms in total. The van der Waals surface area contributed by atoms with Gasteiger partial charge in [0, 0.05) is 51.1 Å². The van der Waals surface area contributed by atoms with Crippen molar-refractivity contribution >= 4 is 74.3 Å². The summed E-state index contributed by atoms with van der Waals surface area (Å²) in [6.45, 7) is 30.9. The molecular weight excluding hydrogens is 870 g/mol. The van der Waals surface area contributed by atoms with Crippen molar-refractivity contribution in [2.45, 2.75) is 130 Å². The second kappa shape index (κ2) is 17.2. The van der Waals surface area contributed by atoms with Crippen molar-refractivity contribution in [3.8, 4) is 11.1 Å². The Labute approximate surface area is 431 Å². The van der Waals surface area contributed by atoms with Crippen LogP contribution in [0.25, 0.3) is 11.1 Å². The lowest BCUT2D eigenvalue weighted by Gasteiger charge is -2.48. The van der Waals surface area contributed by atoms with E-state index in [0.29, 0.717) is 0 Å². The van der Waals surface area contributed by atoms with Crippen LogP contribution in [0.2, 0.25) is 0 Å². The van der Waals surface area contributed by atoms with Gasteiger partial charge in [-0.25, -0.2) is 0 Å². The second-order valence-corrected chi connectivity index (χ2v) is 24.8. The molecular formula is C68H72BN3. The zero-order valence-electron chi connectivity index (χ0n) is 45.1. The molecule has 0 saturated heterocycles. The summed E-state index contributed by atoms with van der Waals surface area (Å²) in [5.41, 5.74) is 25.6. The summed E-state index contributed by atoms with van der Waals surface area (Å²) in [7, 11) is 0. The smallest absolute Gasteiger partial charge is 0.252 e. The Morgan fingerprint density at radius 3 is 1.51 bits per heavy atom.